The van der Waals surface area contributed by atoms with Crippen molar-refractivity contribution in [2.75, 3.05) is 31.1 Å². The van der Waals surface area contributed by atoms with Crippen molar-refractivity contribution >= 4 is 11.7 Å². The van der Waals surface area contributed by atoms with E-state index in [-0.39, 0.29) is 5.91 Å². The number of carbonyl (C=O) groups is 1. The van der Waals surface area contributed by atoms with Gasteiger partial charge in [0.1, 0.15) is 11.8 Å². The molecule has 8 heteroatoms. The fourth-order valence-electron chi connectivity index (χ4n) is 3.04. The molecule has 0 radical (unpaired) electrons. The van der Waals surface area contributed by atoms with Gasteiger partial charge in [-0.1, -0.05) is 5.16 Å². The summed E-state index contributed by atoms with van der Waals surface area (Å²) in [6.07, 6.45) is 4.21. The quantitative estimate of drug-likeness (QED) is 0.828. The molecule has 0 spiro atoms. The molecule has 3 rings (SSSR count). The van der Waals surface area contributed by atoms with Crippen molar-refractivity contribution in [1.29, 1.82) is 5.26 Å². The molecule has 0 aromatic carbocycles. The molecule has 0 N–H and O–H groups in total. The number of nitrogens with zero attached hydrogens (tertiary/aromatic N) is 6. The smallest absolute Gasteiger partial charge is 0.227 e. The maximum Gasteiger partial charge on any atom is 0.227 e. The van der Waals surface area contributed by atoms with Crippen molar-refractivity contribution in [2.24, 2.45) is 0 Å². The van der Waals surface area contributed by atoms with Crippen LogP contribution in [0, 0.1) is 25.2 Å². The molecule has 0 aliphatic carbocycles. The molecule has 0 unspecified atom stereocenters. The van der Waals surface area contributed by atoms with Gasteiger partial charge < -0.3 is 14.3 Å². The minimum absolute atomic E-state index is 0.0657. The largest absolute Gasteiger partial charge is 0.361 e. The number of aromatic nitrogens is 3. The normalized spacial score (nSPS) is 14.9. The predicted molar refractivity (Wildman–Crippen MR) is 89.8 cm³/mol. The van der Waals surface area contributed by atoms with Gasteiger partial charge >= 0.3 is 0 Å². The van der Waals surface area contributed by atoms with Gasteiger partial charge in [-0.05, 0) is 20.3 Å². The summed E-state index contributed by atoms with van der Waals surface area (Å²) >= 11 is 0. The molecule has 0 bridgehead atoms. The first-order valence-corrected chi connectivity index (χ1v) is 8.25. The Morgan fingerprint density at radius 2 is 2.04 bits per heavy atom. The van der Waals surface area contributed by atoms with Gasteiger partial charge in [-0.15, -0.1) is 0 Å². The van der Waals surface area contributed by atoms with E-state index in [2.05, 4.69) is 21.2 Å². The summed E-state index contributed by atoms with van der Waals surface area (Å²) in [5.74, 6) is 1.35. The summed E-state index contributed by atoms with van der Waals surface area (Å²) < 4.78 is 5.13. The zero-order chi connectivity index (χ0) is 17.8. The van der Waals surface area contributed by atoms with Crippen molar-refractivity contribution in [2.45, 2.75) is 26.7 Å². The summed E-state index contributed by atoms with van der Waals surface area (Å²) in [5.41, 5.74) is 1.95. The number of hydrogen-bond acceptors (Lipinski definition) is 7. The number of hydrogen-bond donors (Lipinski definition) is 0. The standard InChI is InChI=1S/C17H20N6O2/c1-12-14(13(2)25-21-12)10-16(24)22-6-3-7-23(9-8-22)17-15(11-18)19-4-5-20-17/h4-5H,3,6-10H2,1-2H3. The highest BCUT2D eigenvalue weighted by molar-refractivity contribution is 5.79. The van der Waals surface area contributed by atoms with Crippen LogP contribution in [0.2, 0.25) is 0 Å². The molecule has 2 aromatic heterocycles. The van der Waals surface area contributed by atoms with Crippen molar-refractivity contribution < 1.29 is 9.32 Å². The summed E-state index contributed by atoms with van der Waals surface area (Å²) in [5, 5.41) is 13.1. The highest BCUT2D eigenvalue weighted by Crippen LogP contribution is 2.18. The molecule has 0 saturated carbocycles. The van der Waals surface area contributed by atoms with Crippen molar-refractivity contribution in [3.05, 3.63) is 35.1 Å². The SMILES string of the molecule is Cc1noc(C)c1CC(=O)N1CCCN(c2nccnc2C#N)CC1. The lowest BCUT2D eigenvalue weighted by Gasteiger charge is -2.23. The monoisotopic (exact) mass is 340 g/mol. The van der Waals surface area contributed by atoms with Gasteiger partial charge in [-0.3, -0.25) is 4.79 Å². The van der Waals surface area contributed by atoms with Crippen LogP contribution in [0.25, 0.3) is 0 Å². The molecule has 8 nitrogen and oxygen atoms in total. The van der Waals surface area contributed by atoms with E-state index in [9.17, 15) is 10.1 Å². The second-order valence-electron chi connectivity index (χ2n) is 6.04. The van der Waals surface area contributed by atoms with Crippen LogP contribution in [0.4, 0.5) is 5.82 Å². The Morgan fingerprint density at radius 1 is 1.24 bits per heavy atom. The lowest BCUT2D eigenvalue weighted by Crippen LogP contribution is -2.36. The average Bonchev–Trinajstić information content (AvgIpc) is 2.83. The van der Waals surface area contributed by atoms with E-state index in [1.165, 1.54) is 6.20 Å². The van der Waals surface area contributed by atoms with Crippen LogP contribution in [0.15, 0.2) is 16.9 Å². The Labute approximate surface area is 146 Å². The van der Waals surface area contributed by atoms with Gasteiger partial charge in [0.2, 0.25) is 5.91 Å². The van der Waals surface area contributed by atoms with Gasteiger partial charge in [0.15, 0.2) is 11.5 Å². The second kappa shape index (κ2) is 7.30. The van der Waals surface area contributed by atoms with Gasteiger partial charge in [-0.2, -0.15) is 5.26 Å². The minimum atomic E-state index is 0.0657. The van der Waals surface area contributed by atoms with E-state index in [1.54, 1.807) is 6.20 Å². The number of aryl methyl sites for hydroxylation is 2. The van der Waals surface area contributed by atoms with Crippen LogP contribution in [-0.4, -0.2) is 52.1 Å². The van der Waals surface area contributed by atoms with E-state index >= 15 is 0 Å². The Morgan fingerprint density at radius 3 is 2.76 bits per heavy atom. The van der Waals surface area contributed by atoms with Crippen molar-refractivity contribution in [3.63, 3.8) is 0 Å². The highest BCUT2D eigenvalue weighted by Gasteiger charge is 2.23. The Kier molecular flexibility index (Phi) is 4.93. The second-order valence-corrected chi connectivity index (χ2v) is 6.04. The van der Waals surface area contributed by atoms with Crippen molar-refractivity contribution in [1.82, 2.24) is 20.0 Å². The molecular weight excluding hydrogens is 320 g/mol. The third kappa shape index (κ3) is 3.60. The molecule has 3 heterocycles. The van der Waals surface area contributed by atoms with Gasteiger partial charge in [-0.25, -0.2) is 9.97 Å². The molecule has 25 heavy (non-hydrogen) atoms. The van der Waals surface area contributed by atoms with Gasteiger partial charge in [0.25, 0.3) is 0 Å². The number of carbonyl (C=O) groups excluding carboxylic acids is 1. The average molecular weight is 340 g/mol. The lowest BCUT2D eigenvalue weighted by atomic mass is 10.1. The molecule has 1 saturated heterocycles. The number of rotatable bonds is 3. The maximum absolute atomic E-state index is 12.6. The molecule has 1 amide bonds. The van der Waals surface area contributed by atoms with E-state index in [4.69, 9.17) is 4.52 Å². The molecule has 2 aromatic rings. The summed E-state index contributed by atoms with van der Waals surface area (Å²) in [6, 6.07) is 2.08. The van der Waals surface area contributed by atoms with E-state index in [0.29, 0.717) is 43.3 Å². The van der Waals surface area contributed by atoms with Crippen LogP contribution in [0.1, 0.15) is 29.1 Å². The van der Waals surface area contributed by atoms with Crippen LogP contribution in [-0.2, 0) is 11.2 Å². The number of nitriles is 1. The van der Waals surface area contributed by atoms with Gasteiger partial charge in [0.05, 0.1) is 12.1 Å². The molecular formula is C17H20N6O2. The van der Waals surface area contributed by atoms with Gasteiger partial charge in [0, 0.05) is 44.1 Å². The minimum Gasteiger partial charge on any atom is -0.361 e. The van der Waals surface area contributed by atoms with Crippen LogP contribution < -0.4 is 4.90 Å². The molecule has 1 aliphatic rings. The first-order chi connectivity index (χ1) is 12.1. The Hall–Kier alpha value is -2.95. The highest BCUT2D eigenvalue weighted by atomic mass is 16.5. The maximum atomic E-state index is 12.6. The summed E-state index contributed by atoms with van der Waals surface area (Å²) in [6.45, 7) is 6.30. The molecule has 130 valence electrons. The van der Waals surface area contributed by atoms with Crippen molar-refractivity contribution in [3.8, 4) is 6.07 Å². The fourth-order valence-corrected chi connectivity index (χ4v) is 3.04. The molecule has 1 aliphatic heterocycles. The topological polar surface area (TPSA) is 99.2 Å². The van der Waals surface area contributed by atoms with E-state index in [0.717, 1.165) is 24.2 Å². The summed E-state index contributed by atoms with van der Waals surface area (Å²) in [7, 11) is 0. The van der Waals surface area contributed by atoms with Crippen LogP contribution >= 0.6 is 0 Å². The first-order valence-electron chi connectivity index (χ1n) is 8.25. The first kappa shape index (κ1) is 16.9. The number of anilines is 1. The van der Waals surface area contributed by atoms with E-state index < -0.39 is 0 Å². The predicted octanol–water partition coefficient (Wildman–Crippen LogP) is 1.23. The van der Waals surface area contributed by atoms with Crippen LogP contribution in [0.3, 0.4) is 0 Å². The lowest BCUT2D eigenvalue weighted by molar-refractivity contribution is -0.130. The van der Waals surface area contributed by atoms with Crippen LogP contribution in [0.5, 0.6) is 0 Å². The van der Waals surface area contributed by atoms with E-state index in [1.807, 2.05) is 23.6 Å². The Bertz CT molecular complexity index is 790. The zero-order valence-corrected chi connectivity index (χ0v) is 14.4. The Balaban J connectivity index is 1.67. The third-order valence-corrected chi connectivity index (χ3v) is 4.44. The third-order valence-electron chi connectivity index (χ3n) is 4.44. The molecule has 0 atom stereocenters. The zero-order valence-electron chi connectivity index (χ0n) is 14.4. The number of amides is 1. The summed E-state index contributed by atoms with van der Waals surface area (Å²) in [4.78, 5) is 24.9. The fraction of sp³-hybridized carbons (Fsp3) is 0.471. The molecule has 1 fully saturated rings.